The molecule has 0 aromatic rings. The summed E-state index contributed by atoms with van der Waals surface area (Å²) >= 11 is 0. The zero-order valence-electron chi connectivity index (χ0n) is 12.2. The van der Waals surface area contributed by atoms with Gasteiger partial charge in [-0.05, 0) is 38.3 Å². The maximum Gasteiger partial charge on any atom is 0.303 e. The first-order valence-corrected chi connectivity index (χ1v) is 7.07. The minimum Gasteiger partial charge on any atom is -0.481 e. The van der Waals surface area contributed by atoms with Gasteiger partial charge in [-0.3, -0.25) is 9.59 Å². The number of rotatable bonds is 6. The summed E-state index contributed by atoms with van der Waals surface area (Å²) in [6, 6.07) is 0.305. The van der Waals surface area contributed by atoms with Crippen molar-refractivity contribution < 1.29 is 14.7 Å². The second kappa shape index (κ2) is 6.89. The van der Waals surface area contributed by atoms with E-state index in [1.165, 1.54) is 0 Å². The largest absolute Gasteiger partial charge is 0.481 e. The number of piperidine rings is 1. The summed E-state index contributed by atoms with van der Waals surface area (Å²) in [6.45, 7) is 8.28. The van der Waals surface area contributed by atoms with E-state index in [1.807, 2.05) is 25.7 Å². The van der Waals surface area contributed by atoms with Gasteiger partial charge < -0.3 is 15.3 Å². The van der Waals surface area contributed by atoms with Crippen molar-refractivity contribution in [3.63, 3.8) is 0 Å². The molecule has 0 atom stereocenters. The number of nitrogens with zero attached hydrogens (tertiary/aromatic N) is 1. The third kappa shape index (κ3) is 5.19. The number of carboxylic acids is 1. The third-order valence-electron chi connectivity index (χ3n) is 3.67. The van der Waals surface area contributed by atoms with Gasteiger partial charge in [0, 0.05) is 19.0 Å². The molecule has 0 aromatic heterocycles. The fraction of sp³-hybridized carbons (Fsp3) is 0.857. The summed E-state index contributed by atoms with van der Waals surface area (Å²) < 4.78 is 0. The molecule has 5 nitrogen and oxygen atoms in total. The quantitative estimate of drug-likeness (QED) is 0.767. The Morgan fingerprint density at radius 2 is 1.84 bits per heavy atom. The molecule has 1 rings (SSSR count). The summed E-state index contributed by atoms with van der Waals surface area (Å²) in [5, 5.41) is 12.2. The van der Waals surface area contributed by atoms with E-state index in [-0.39, 0.29) is 12.3 Å². The van der Waals surface area contributed by atoms with Crippen LogP contribution in [0.15, 0.2) is 0 Å². The minimum atomic E-state index is -0.845. The van der Waals surface area contributed by atoms with E-state index >= 15 is 0 Å². The van der Waals surface area contributed by atoms with Crippen molar-refractivity contribution in [3.05, 3.63) is 0 Å². The average molecular weight is 270 g/mol. The lowest BCUT2D eigenvalue weighted by Gasteiger charge is -2.36. The topological polar surface area (TPSA) is 69.6 Å². The van der Waals surface area contributed by atoms with Gasteiger partial charge in [0.15, 0.2) is 0 Å². The van der Waals surface area contributed by atoms with Crippen LogP contribution in [0.4, 0.5) is 0 Å². The summed E-state index contributed by atoms with van der Waals surface area (Å²) in [4.78, 5) is 25.1. The zero-order chi connectivity index (χ0) is 14.5. The molecule has 1 fully saturated rings. The summed E-state index contributed by atoms with van der Waals surface area (Å²) in [5.74, 6) is -0.761. The van der Waals surface area contributed by atoms with Crippen LogP contribution in [0.25, 0.3) is 0 Å². The fourth-order valence-corrected chi connectivity index (χ4v) is 2.74. The number of hydrogen-bond acceptors (Lipinski definition) is 3. The van der Waals surface area contributed by atoms with Crippen LogP contribution in [0, 0.1) is 5.41 Å². The van der Waals surface area contributed by atoms with Crippen molar-refractivity contribution in [2.75, 3.05) is 19.6 Å². The monoisotopic (exact) mass is 270 g/mol. The summed E-state index contributed by atoms with van der Waals surface area (Å²) in [5.41, 5.74) is -0.483. The van der Waals surface area contributed by atoms with Gasteiger partial charge in [0.05, 0.1) is 6.42 Å². The maximum atomic E-state index is 12.4. The van der Waals surface area contributed by atoms with E-state index in [0.29, 0.717) is 19.0 Å². The van der Waals surface area contributed by atoms with Crippen molar-refractivity contribution in [3.8, 4) is 0 Å². The van der Waals surface area contributed by atoms with Crippen LogP contribution in [0.1, 0.15) is 46.5 Å². The van der Waals surface area contributed by atoms with Gasteiger partial charge in [-0.1, -0.05) is 13.8 Å². The highest BCUT2D eigenvalue weighted by molar-refractivity contribution is 5.78. The van der Waals surface area contributed by atoms with Gasteiger partial charge >= 0.3 is 5.97 Å². The molecule has 110 valence electrons. The molecule has 0 saturated carbocycles. The van der Waals surface area contributed by atoms with Crippen molar-refractivity contribution in [2.45, 2.75) is 52.5 Å². The number of carbonyl (C=O) groups is 2. The van der Waals surface area contributed by atoms with Gasteiger partial charge in [0.2, 0.25) is 5.91 Å². The van der Waals surface area contributed by atoms with Crippen LogP contribution in [-0.4, -0.2) is 47.6 Å². The third-order valence-corrected chi connectivity index (χ3v) is 3.67. The molecule has 1 amide bonds. The van der Waals surface area contributed by atoms with Crippen LogP contribution in [0.3, 0.4) is 0 Å². The van der Waals surface area contributed by atoms with Crippen LogP contribution in [0.5, 0.6) is 0 Å². The Kier molecular flexibility index (Phi) is 5.79. The molecule has 0 spiro atoms. The highest BCUT2D eigenvalue weighted by Gasteiger charge is 2.30. The number of hydrogen-bond donors (Lipinski definition) is 2. The lowest BCUT2D eigenvalue weighted by Crippen LogP contribution is -2.47. The van der Waals surface area contributed by atoms with Gasteiger partial charge in [-0.15, -0.1) is 0 Å². The normalized spacial score (nSPS) is 17.2. The molecule has 19 heavy (non-hydrogen) atoms. The van der Waals surface area contributed by atoms with E-state index in [9.17, 15) is 9.59 Å². The van der Waals surface area contributed by atoms with E-state index in [0.717, 1.165) is 25.9 Å². The van der Waals surface area contributed by atoms with Crippen LogP contribution >= 0.6 is 0 Å². The Hall–Kier alpha value is -1.10. The maximum absolute atomic E-state index is 12.4. The van der Waals surface area contributed by atoms with Gasteiger partial charge in [-0.2, -0.15) is 0 Å². The highest BCUT2D eigenvalue weighted by atomic mass is 16.4. The second-order valence-electron chi connectivity index (χ2n) is 6.07. The molecule has 0 bridgehead atoms. The predicted octanol–water partition coefficient (Wildman–Crippen LogP) is 1.48. The molecule has 1 aliphatic rings. The van der Waals surface area contributed by atoms with E-state index in [2.05, 4.69) is 5.32 Å². The average Bonchev–Trinajstić information content (AvgIpc) is 2.28. The molecular weight excluding hydrogens is 244 g/mol. The second-order valence-corrected chi connectivity index (χ2v) is 6.07. The van der Waals surface area contributed by atoms with E-state index in [4.69, 9.17) is 5.11 Å². The lowest BCUT2D eigenvalue weighted by atomic mass is 9.85. The van der Waals surface area contributed by atoms with Crippen molar-refractivity contribution in [2.24, 2.45) is 5.41 Å². The van der Waals surface area contributed by atoms with E-state index in [1.54, 1.807) is 0 Å². The molecule has 0 unspecified atom stereocenters. The first-order chi connectivity index (χ1) is 8.85. The first kappa shape index (κ1) is 16.0. The molecule has 0 radical (unpaired) electrons. The van der Waals surface area contributed by atoms with Gasteiger partial charge in [-0.25, -0.2) is 0 Å². The smallest absolute Gasteiger partial charge is 0.303 e. The van der Waals surface area contributed by atoms with Crippen LogP contribution < -0.4 is 5.32 Å². The molecule has 1 aliphatic heterocycles. The summed E-state index contributed by atoms with van der Waals surface area (Å²) in [6.07, 6.45) is 2.30. The number of amides is 1. The van der Waals surface area contributed by atoms with Crippen molar-refractivity contribution in [1.82, 2.24) is 10.2 Å². The molecule has 5 heteroatoms. The standard InChI is InChI=1S/C14H26N2O3/c1-4-16(11-5-7-15-8-6-11)12(17)9-14(2,3)10-13(18)19/h11,15H,4-10H2,1-3H3,(H,18,19). The van der Waals surface area contributed by atoms with Crippen molar-refractivity contribution >= 4 is 11.9 Å². The van der Waals surface area contributed by atoms with Crippen molar-refractivity contribution in [1.29, 1.82) is 0 Å². The Bertz CT molecular complexity index is 323. The number of nitrogens with one attached hydrogen (secondary N) is 1. The molecular formula is C14H26N2O3. The molecule has 1 saturated heterocycles. The Morgan fingerprint density at radius 1 is 1.26 bits per heavy atom. The Morgan fingerprint density at radius 3 is 2.32 bits per heavy atom. The minimum absolute atomic E-state index is 0.0303. The first-order valence-electron chi connectivity index (χ1n) is 7.07. The Labute approximate surface area is 115 Å². The Balaban J connectivity index is 2.60. The molecule has 1 heterocycles. The molecule has 2 N–H and O–H groups in total. The van der Waals surface area contributed by atoms with Crippen LogP contribution in [0.2, 0.25) is 0 Å². The number of carbonyl (C=O) groups excluding carboxylic acids is 1. The zero-order valence-corrected chi connectivity index (χ0v) is 12.2. The van der Waals surface area contributed by atoms with Gasteiger partial charge in [0.25, 0.3) is 0 Å². The number of carboxylic acid groups (broad SMARTS) is 1. The highest BCUT2D eigenvalue weighted by Crippen LogP contribution is 2.27. The molecule has 0 aliphatic carbocycles. The molecule has 0 aromatic carbocycles. The predicted molar refractivity (Wildman–Crippen MR) is 73.9 cm³/mol. The fourth-order valence-electron chi connectivity index (χ4n) is 2.74. The van der Waals surface area contributed by atoms with Crippen LogP contribution in [-0.2, 0) is 9.59 Å². The SMILES string of the molecule is CCN(C(=O)CC(C)(C)CC(=O)O)C1CCNCC1. The van der Waals surface area contributed by atoms with E-state index < -0.39 is 11.4 Å². The number of aliphatic carboxylic acids is 1. The summed E-state index contributed by atoms with van der Waals surface area (Å²) in [7, 11) is 0. The van der Waals surface area contributed by atoms with Gasteiger partial charge in [0.1, 0.15) is 0 Å². The lowest BCUT2D eigenvalue weighted by molar-refractivity contribution is -0.141.